The lowest BCUT2D eigenvalue weighted by Crippen LogP contribution is -1.93. The van der Waals surface area contributed by atoms with Crippen molar-refractivity contribution < 1.29 is 14.6 Å². The summed E-state index contributed by atoms with van der Waals surface area (Å²) in [4.78, 5) is 0. The van der Waals surface area contributed by atoms with Crippen LogP contribution in [0.5, 0.6) is 17.2 Å². The molecular weight excluding hydrogens is 228 g/mol. The Hall–Kier alpha value is -2.42. The van der Waals surface area contributed by atoms with Crippen molar-refractivity contribution in [2.45, 2.75) is 0 Å². The van der Waals surface area contributed by atoms with Gasteiger partial charge in [0.25, 0.3) is 0 Å². The predicted octanol–water partition coefficient (Wildman–Crippen LogP) is 3.18. The molecule has 1 N–H and O–H groups in total. The maximum Gasteiger partial charge on any atom is 0.231 e. The van der Waals surface area contributed by atoms with Gasteiger partial charge in [-0.2, -0.15) is 0 Å². The standard InChI is InChI=1S/C15H12O3/c1-10(12-4-2-3-5-13(12)16)11-6-7-14-15(8-11)18-9-17-14/h2-8,16H,1,9H2. The number of phenolic OH excluding ortho intramolecular Hbond substituents is 1. The summed E-state index contributed by atoms with van der Waals surface area (Å²) < 4.78 is 10.6. The molecule has 0 spiro atoms. The third-order valence-corrected chi connectivity index (χ3v) is 2.95. The summed E-state index contributed by atoms with van der Waals surface area (Å²) in [7, 11) is 0. The van der Waals surface area contributed by atoms with Crippen LogP contribution >= 0.6 is 0 Å². The Balaban J connectivity index is 2.01. The monoisotopic (exact) mass is 240 g/mol. The zero-order chi connectivity index (χ0) is 12.5. The number of para-hydroxylation sites is 1. The summed E-state index contributed by atoms with van der Waals surface area (Å²) in [6, 6.07) is 12.8. The number of ether oxygens (including phenoxy) is 2. The van der Waals surface area contributed by atoms with E-state index in [0.717, 1.165) is 22.4 Å². The second kappa shape index (κ2) is 4.11. The molecule has 0 aliphatic carbocycles. The van der Waals surface area contributed by atoms with Gasteiger partial charge in [-0.3, -0.25) is 0 Å². The van der Waals surface area contributed by atoms with Crippen molar-refractivity contribution in [2.24, 2.45) is 0 Å². The molecule has 0 atom stereocenters. The van der Waals surface area contributed by atoms with Crippen LogP contribution in [-0.2, 0) is 0 Å². The smallest absolute Gasteiger partial charge is 0.231 e. The molecule has 0 aromatic heterocycles. The predicted molar refractivity (Wildman–Crippen MR) is 68.8 cm³/mol. The van der Waals surface area contributed by atoms with Gasteiger partial charge in [0.2, 0.25) is 6.79 Å². The summed E-state index contributed by atoms with van der Waals surface area (Å²) in [5, 5.41) is 9.82. The van der Waals surface area contributed by atoms with E-state index in [4.69, 9.17) is 9.47 Å². The topological polar surface area (TPSA) is 38.7 Å². The van der Waals surface area contributed by atoms with Gasteiger partial charge in [-0.1, -0.05) is 30.8 Å². The fourth-order valence-electron chi connectivity index (χ4n) is 1.97. The molecule has 0 unspecified atom stereocenters. The molecule has 3 rings (SSSR count). The second-order valence-corrected chi connectivity index (χ2v) is 4.06. The molecule has 0 saturated heterocycles. The van der Waals surface area contributed by atoms with Crippen LogP contribution in [0.15, 0.2) is 49.0 Å². The minimum Gasteiger partial charge on any atom is -0.507 e. The SMILES string of the molecule is C=C(c1ccc2c(c1)OCO2)c1ccccc1O. The zero-order valence-electron chi connectivity index (χ0n) is 9.72. The van der Waals surface area contributed by atoms with E-state index < -0.39 is 0 Å². The van der Waals surface area contributed by atoms with E-state index in [-0.39, 0.29) is 12.5 Å². The van der Waals surface area contributed by atoms with Gasteiger partial charge in [-0.25, -0.2) is 0 Å². The number of aromatic hydroxyl groups is 1. The third kappa shape index (κ3) is 1.70. The van der Waals surface area contributed by atoms with Crippen LogP contribution < -0.4 is 9.47 Å². The Bertz CT molecular complexity index is 617. The number of hydrogen-bond donors (Lipinski definition) is 1. The highest BCUT2D eigenvalue weighted by Crippen LogP contribution is 2.36. The zero-order valence-corrected chi connectivity index (χ0v) is 9.72. The Morgan fingerprint density at radius 2 is 1.83 bits per heavy atom. The van der Waals surface area contributed by atoms with E-state index in [9.17, 15) is 5.11 Å². The minimum absolute atomic E-state index is 0.222. The van der Waals surface area contributed by atoms with E-state index in [0.29, 0.717) is 5.75 Å². The average Bonchev–Trinajstić information content (AvgIpc) is 2.85. The third-order valence-electron chi connectivity index (χ3n) is 2.95. The lowest BCUT2D eigenvalue weighted by molar-refractivity contribution is 0.174. The molecular formula is C15H12O3. The summed E-state index contributed by atoms with van der Waals surface area (Å²) in [6.45, 7) is 4.28. The Morgan fingerprint density at radius 1 is 1.06 bits per heavy atom. The molecule has 18 heavy (non-hydrogen) atoms. The van der Waals surface area contributed by atoms with E-state index in [2.05, 4.69) is 6.58 Å². The largest absolute Gasteiger partial charge is 0.507 e. The highest BCUT2D eigenvalue weighted by Gasteiger charge is 2.15. The normalized spacial score (nSPS) is 12.4. The Morgan fingerprint density at radius 3 is 2.67 bits per heavy atom. The molecule has 1 aliphatic heterocycles. The molecule has 0 fully saturated rings. The first-order chi connectivity index (χ1) is 8.75. The van der Waals surface area contributed by atoms with E-state index in [1.165, 1.54) is 0 Å². The number of fused-ring (bicyclic) bond motifs is 1. The summed E-state index contributed by atoms with van der Waals surface area (Å²) in [5.41, 5.74) is 2.38. The molecule has 0 radical (unpaired) electrons. The van der Waals surface area contributed by atoms with Crippen LogP contribution in [0.2, 0.25) is 0 Å². The van der Waals surface area contributed by atoms with Gasteiger partial charge in [0.1, 0.15) is 5.75 Å². The molecule has 0 amide bonds. The van der Waals surface area contributed by atoms with Crippen LogP contribution in [-0.4, -0.2) is 11.9 Å². The summed E-state index contributed by atoms with van der Waals surface area (Å²) in [5.74, 6) is 1.67. The second-order valence-electron chi connectivity index (χ2n) is 4.06. The number of hydrogen-bond acceptors (Lipinski definition) is 3. The lowest BCUT2D eigenvalue weighted by Gasteiger charge is -2.09. The Kier molecular flexibility index (Phi) is 2.45. The molecule has 1 heterocycles. The lowest BCUT2D eigenvalue weighted by atomic mass is 9.98. The van der Waals surface area contributed by atoms with Crippen molar-refractivity contribution in [3.05, 3.63) is 60.2 Å². The van der Waals surface area contributed by atoms with Gasteiger partial charge in [0.15, 0.2) is 11.5 Å². The maximum absolute atomic E-state index is 9.82. The Labute approximate surface area is 105 Å². The fourth-order valence-corrected chi connectivity index (χ4v) is 1.97. The first-order valence-corrected chi connectivity index (χ1v) is 5.63. The molecule has 1 aliphatic rings. The van der Waals surface area contributed by atoms with Crippen molar-refractivity contribution in [1.29, 1.82) is 0 Å². The number of phenols is 1. The van der Waals surface area contributed by atoms with Gasteiger partial charge in [0.05, 0.1) is 0 Å². The van der Waals surface area contributed by atoms with Crippen LogP contribution in [0.4, 0.5) is 0 Å². The molecule has 2 aromatic rings. The highest BCUT2D eigenvalue weighted by molar-refractivity contribution is 5.82. The highest BCUT2D eigenvalue weighted by atomic mass is 16.7. The van der Waals surface area contributed by atoms with Gasteiger partial charge in [-0.05, 0) is 29.3 Å². The van der Waals surface area contributed by atoms with Crippen LogP contribution in [0.1, 0.15) is 11.1 Å². The molecule has 0 saturated carbocycles. The molecule has 2 aromatic carbocycles. The molecule has 3 heteroatoms. The van der Waals surface area contributed by atoms with Crippen molar-refractivity contribution in [1.82, 2.24) is 0 Å². The molecule has 0 bridgehead atoms. The summed E-state index contributed by atoms with van der Waals surface area (Å²) in [6.07, 6.45) is 0. The maximum atomic E-state index is 9.82. The van der Waals surface area contributed by atoms with Crippen molar-refractivity contribution in [2.75, 3.05) is 6.79 Å². The quantitative estimate of drug-likeness (QED) is 0.876. The van der Waals surface area contributed by atoms with Crippen molar-refractivity contribution in [3.63, 3.8) is 0 Å². The molecule has 90 valence electrons. The minimum atomic E-state index is 0.222. The van der Waals surface area contributed by atoms with Crippen LogP contribution in [0.3, 0.4) is 0 Å². The van der Waals surface area contributed by atoms with Gasteiger partial charge in [-0.15, -0.1) is 0 Å². The molecule has 3 nitrogen and oxygen atoms in total. The first kappa shape index (κ1) is 10.7. The van der Waals surface area contributed by atoms with Crippen molar-refractivity contribution in [3.8, 4) is 17.2 Å². The number of rotatable bonds is 2. The van der Waals surface area contributed by atoms with E-state index >= 15 is 0 Å². The van der Waals surface area contributed by atoms with E-state index in [1.807, 2.05) is 30.3 Å². The first-order valence-electron chi connectivity index (χ1n) is 5.63. The van der Waals surface area contributed by atoms with Crippen LogP contribution in [0.25, 0.3) is 5.57 Å². The average molecular weight is 240 g/mol. The van der Waals surface area contributed by atoms with E-state index in [1.54, 1.807) is 12.1 Å². The van der Waals surface area contributed by atoms with Gasteiger partial charge in [0, 0.05) is 5.56 Å². The summed E-state index contributed by atoms with van der Waals surface area (Å²) >= 11 is 0. The fraction of sp³-hybridized carbons (Fsp3) is 0.0667. The van der Waals surface area contributed by atoms with Gasteiger partial charge >= 0.3 is 0 Å². The number of benzene rings is 2. The van der Waals surface area contributed by atoms with Gasteiger partial charge < -0.3 is 14.6 Å². The van der Waals surface area contributed by atoms with Crippen LogP contribution in [0, 0.1) is 0 Å². The van der Waals surface area contributed by atoms with Crippen molar-refractivity contribution >= 4 is 5.57 Å².